The maximum Gasteiger partial charge on any atom is 0.337 e. The molecule has 0 saturated heterocycles. The number of rotatable bonds is 5. The molecule has 0 aliphatic carbocycles. The van der Waals surface area contributed by atoms with E-state index in [1.807, 2.05) is 0 Å². The molecule has 0 fully saturated rings. The average molecular weight is 353 g/mol. The van der Waals surface area contributed by atoms with E-state index in [0.29, 0.717) is 22.8 Å². The molecule has 2 N–H and O–H groups in total. The van der Waals surface area contributed by atoms with Crippen LogP contribution in [0.15, 0.2) is 47.1 Å². The Kier molecular flexibility index (Phi) is 4.88. The van der Waals surface area contributed by atoms with Crippen LogP contribution in [0, 0.1) is 6.92 Å². The quantitative estimate of drug-likeness (QED) is 0.672. The van der Waals surface area contributed by atoms with Gasteiger partial charge < -0.3 is 19.9 Å². The molecule has 26 heavy (non-hydrogen) atoms. The fraction of sp³-hybridized carbons (Fsp3) is 0.118. The number of ether oxygens (including phenoxy) is 1. The first-order valence-electron chi connectivity index (χ1n) is 7.58. The van der Waals surface area contributed by atoms with Crippen LogP contribution >= 0.6 is 0 Å². The molecule has 3 rings (SSSR count). The molecule has 0 spiro atoms. The van der Waals surface area contributed by atoms with E-state index in [1.54, 1.807) is 31.2 Å². The molecule has 0 unspecified atom stereocenters. The Bertz CT molecular complexity index is 954. The van der Waals surface area contributed by atoms with Crippen LogP contribution in [-0.4, -0.2) is 34.1 Å². The number of carbonyl (C=O) groups excluding carboxylic acids is 2. The minimum absolute atomic E-state index is 0.145. The minimum Gasteiger partial charge on any atom is -0.465 e. The monoisotopic (exact) mass is 353 g/mol. The summed E-state index contributed by atoms with van der Waals surface area (Å²) in [6, 6.07) is 9.55. The summed E-state index contributed by atoms with van der Waals surface area (Å²) in [6.07, 6.45) is 1.45. The molecule has 2 heterocycles. The second-order valence-electron chi connectivity index (χ2n) is 5.24. The summed E-state index contributed by atoms with van der Waals surface area (Å²) in [4.78, 5) is 32.1. The van der Waals surface area contributed by atoms with Crippen molar-refractivity contribution in [1.82, 2.24) is 15.1 Å². The van der Waals surface area contributed by atoms with Gasteiger partial charge in [0.25, 0.3) is 5.91 Å². The summed E-state index contributed by atoms with van der Waals surface area (Å²) >= 11 is 0. The average Bonchev–Trinajstić information content (AvgIpc) is 3.06. The highest BCUT2D eigenvalue weighted by molar-refractivity contribution is 6.03. The van der Waals surface area contributed by atoms with Gasteiger partial charge in [-0.3, -0.25) is 4.79 Å². The number of nitrogens with one attached hydrogen (secondary N) is 2. The lowest BCUT2D eigenvalue weighted by atomic mass is 10.2. The number of esters is 1. The van der Waals surface area contributed by atoms with Gasteiger partial charge >= 0.3 is 5.97 Å². The van der Waals surface area contributed by atoms with Crippen molar-refractivity contribution in [3.63, 3.8) is 0 Å². The Morgan fingerprint density at radius 1 is 1.19 bits per heavy atom. The van der Waals surface area contributed by atoms with Crippen LogP contribution in [0.5, 0.6) is 0 Å². The van der Waals surface area contributed by atoms with Crippen molar-refractivity contribution in [2.75, 3.05) is 17.7 Å². The minimum atomic E-state index is -0.488. The number of anilines is 3. The number of hydrogen-bond donors (Lipinski definition) is 2. The molecule has 1 amide bonds. The van der Waals surface area contributed by atoms with E-state index in [0.717, 1.165) is 0 Å². The highest BCUT2D eigenvalue weighted by Gasteiger charge is 2.12. The molecule has 1 aromatic carbocycles. The second kappa shape index (κ2) is 7.43. The molecule has 0 radical (unpaired) electrons. The zero-order valence-corrected chi connectivity index (χ0v) is 14.0. The Labute approximate surface area is 148 Å². The summed E-state index contributed by atoms with van der Waals surface area (Å²) in [5, 5.41) is 9.30. The first-order chi connectivity index (χ1) is 12.5. The lowest BCUT2D eigenvalue weighted by Crippen LogP contribution is -2.15. The topological polar surface area (TPSA) is 119 Å². The predicted molar refractivity (Wildman–Crippen MR) is 92.3 cm³/mol. The SMILES string of the molecule is COC(=O)c1cccc(NC(=O)c2ccnc(Nc3cc(C)on3)n2)c1. The maximum atomic E-state index is 12.4. The first kappa shape index (κ1) is 17.1. The Morgan fingerprint density at radius 2 is 2.04 bits per heavy atom. The summed E-state index contributed by atoms with van der Waals surface area (Å²) < 4.78 is 9.61. The summed E-state index contributed by atoms with van der Waals surface area (Å²) in [5.41, 5.74) is 0.918. The van der Waals surface area contributed by atoms with Crippen LogP contribution in [0.1, 0.15) is 26.6 Å². The highest BCUT2D eigenvalue weighted by Crippen LogP contribution is 2.15. The number of nitrogens with zero attached hydrogens (tertiary/aromatic N) is 3. The fourth-order valence-electron chi connectivity index (χ4n) is 2.12. The predicted octanol–water partition coefficient (Wildman–Crippen LogP) is 2.56. The van der Waals surface area contributed by atoms with Crippen molar-refractivity contribution in [2.45, 2.75) is 6.92 Å². The lowest BCUT2D eigenvalue weighted by molar-refractivity contribution is 0.0600. The largest absolute Gasteiger partial charge is 0.465 e. The van der Waals surface area contributed by atoms with Crippen molar-refractivity contribution in [3.8, 4) is 0 Å². The van der Waals surface area contributed by atoms with Gasteiger partial charge in [0, 0.05) is 18.0 Å². The number of carbonyl (C=O) groups is 2. The molecule has 9 heteroatoms. The van der Waals surface area contributed by atoms with Crippen LogP contribution in [0.3, 0.4) is 0 Å². The Hall–Kier alpha value is -3.75. The maximum absolute atomic E-state index is 12.4. The van der Waals surface area contributed by atoms with Crippen molar-refractivity contribution in [3.05, 3.63) is 59.6 Å². The number of hydrogen-bond acceptors (Lipinski definition) is 8. The number of aryl methyl sites for hydroxylation is 1. The lowest BCUT2D eigenvalue weighted by Gasteiger charge is -2.07. The van der Waals surface area contributed by atoms with Crippen LogP contribution < -0.4 is 10.6 Å². The van der Waals surface area contributed by atoms with E-state index in [9.17, 15) is 9.59 Å². The van der Waals surface area contributed by atoms with Crippen molar-refractivity contribution >= 4 is 29.3 Å². The number of methoxy groups -OCH3 is 1. The summed E-state index contributed by atoms with van der Waals surface area (Å²) in [7, 11) is 1.29. The van der Waals surface area contributed by atoms with Gasteiger partial charge in [0.15, 0.2) is 5.82 Å². The highest BCUT2D eigenvalue weighted by atomic mass is 16.5. The van der Waals surface area contributed by atoms with Gasteiger partial charge in [-0.25, -0.2) is 14.8 Å². The third-order valence-electron chi connectivity index (χ3n) is 3.30. The van der Waals surface area contributed by atoms with E-state index >= 15 is 0 Å². The second-order valence-corrected chi connectivity index (χ2v) is 5.24. The molecule has 2 aromatic heterocycles. The van der Waals surface area contributed by atoms with Gasteiger partial charge in [-0.1, -0.05) is 11.2 Å². The summed E-state index contributed by atoms with van der Waals surface area (Å²) in [6.45, 7) is 1.76. The van der Waals surface area contributed by atoms with Gasteiger partial charge in [0.1, 0.15) is 11.5 Å². The summed E-state index contributed by atoms with van der Waals surface area (Å²) in [5.74, 6) is 0.332. The molecule has 0 saturated carbocycles. The van der Waals surface area contributed by atoms with Gasteiger partial charge in [-0.2, -0.15) is 0 Å². The number of amides is 1. The third-order valence-corrected chi connectivity index (χ3v) is 3.30. The van der Waals surface area contributed by atoms with Gasteiger partial charge in [0.05, 0.1) is 12.7 Å². The van der Waals surface area contributed by atoms with Crippen molar-refractivity contribution in [1.29, 1.82) is 0 Å². The fourth-order valence-corrected chi connectivity index (χ4v) is 2.12. The number of aromatic nitrogens is 3. The first-order valence-corrected chi connectivity index (χ1v) is 7.58. The molecule has 0 atom stereocenters. The standard InChI is InChI=1S/C17H15N5O4/c1-10-8-14(22-26-10)21-17-18-7-6-13(20-17)15(23)19-12-5-3-4-11(9-12)16(24)25-2/h3-9H,1-2H3,(H,19,23)(H,18,20,21,22). The number of benzene rings is 1. The molecule has 0 aliphatic heterocycles. The van der Waals surface area contributed by atoms with Crippen LogP contribution in [-0.2, 0) is 4.74 Å². The van der Waals surface area contributed by atoms with Gasteiger partial charge in [-0.15, -0.1) is 0 Å². The van der Waals surface area contributed by atoms with E-state index in [2.05, 4.69) is 30.5 Å². The van der Waals surface area contributed by atoms with Crippen LogP contribution in [0.2, 0.25) is 0 Å². The normalized spacial score (nSPS) is 10.2. The van der Waals surface area contributed by atoms with Crippen molar-refractivity contribution in [2.24, 2.45) is 0 Å². The van der Waals surface area contributed by atoms with Gasteiger partial charge in [0.2, 0.25) is 5.95 Å². The molecule has 0 aliphatic rings. The molecule has 132 valence electrons. The van der Waals surface area contributed by atoms with E-state index < -0.39 is 11.9 Å². The molecular weight excluding hydrogens is 338 g/mol. The molecule has 3 aromatic rings. The Morgan fingerprint density at radius 3 is 2.77 bits per heavy atom. The van der Waals surface area contributed by atoms with Crippen LogP contribution in [0.4, 0.5) is 17.5 Å². The smallest absolute Gasteiger partial charge is 0.337 e. The molecule has 0 bridgehead atoms. The van der Waals surface area contributed by atoms with E-state index in [4.69, 9.17) is 4.52 Å². The third kappa shape index (κ3) is 4.01. The zero-order chi connectivity index (χ0) is 18.5. The van der Waals surface area contributed by atoms with E-state index in [1.165, 1.54) is 25.4 Å². The van der Waals surface area contributed by atoms with Gasteiger partial charge in [-0.05, 0) is 31.2 Å². The molecule has 9 nitrogen and oxygen atoms in total. The van der Waals surface area contributed by atoms with Crippen LogP contribution in [0.25, 0.3) is 0 Å². The molecular formula is C17H15N5O4. The van der Waals surface area contributed by atoms with E-state index in [-0.39, 0.29) is 11.6 Å². The Balaban J connectivity index is 1.74. The zero-order valence-electron chi connectivity index (χ0n) is 14.0. The van der Waals surface area contributed by atoms with Crippen molar-refractivity contribution < 1.29 is 18.8 Å².